The van der Waals surface area contributed by atoms with Gasteiger partial charge in [0.1, 0.15) is 0 Å². The minimum atomic E-state index is -4.38. The van der Waals surface area contributed by atoms with Crippen molar-refractivity contribution in [3.63, 3.8) is 0 Å². The predicted molar refractivity (Wildman–Crippen MR) is 68.4 cm³/mol. The van der Waals surface area contributed by atoms with Crippen molar-refractivity contribution in [1.29, 1.82) is 0 Å². The predicted octanol–water partition coefficient (Wildman–Crippen LogP) is 2.93. The number of thioether (sulfide) groups is 1. The number of carbonyl (C=O) groups is 1. The fraction of sp³-hybridized carbons (Fsp3) is 0.273. The molecule has 1 aromatic rings. The van der Waals surface area contributed by atoms with E-state index < -0.39 is 17.8 Å². The molecule has 102 valence electrons. The van der Waals surface area contributed by atoms with Gasteiger partial charge in [-0.2, -0.15) is 13.2 Å². The second-order valence-corrected chi connectivity index (χ2v) is 4.77. The van der Waals surface area contributed by atoms with Crippen LogP contribution < -0.4 is 10.6 Å². The van der Waals surface area contributed by atoms with Gasteiger partial charge < -0.3 is 5.32 Å². The van der Waals surface area contributed by atoms with Gasteiger partial charge in [0.15, 0.2) is 5.17 Å². The zero-order chi connectivity index (χ0) is 13.9. The first-order valence-electron chi connectivity index (χ1n) is 5.38. The van der Waals surface area contributed by atoms with E-state index in [9.17, 15) is 18.0 Å². The summed E-state index contributed by atoms with van der Waals surface area (Å²) in [5, 5.41) is 5.47. The summed E-state index contributed by atoms with van der Waals surface area (Å²) in [6, 6.07) is 3.71. The fourth-order valence-electron chi connectivity index (χ4n) is 1.41. The van der Waals surface area contributed by atoms with E-state index in [0.717, 1.165) is 17.9 Å². The molecule has 0 aliphatic carbocycles. The van der Waals surface area contributed by atoms with E-state index in [4.69, 9.17) is 0 Å². The van der Waals surface area contributed by atoms with Gasteiger partial charge in [0.25, 0.3) is 0 Å². The number of urea groups is 1. The lowest BCUT2D eigenvalue weighted by atomic mass is 10.2. The molecule has 0 saturated carbocycles. The quantitative estimate of drug-likeness (QED) is 0.835. The highest BCUT2D eigenvalue weighted by atomic mass is 32.2. The Morgan fingerprint density at radius 2 is 1.89 bits per heavy atom. The molecular weight excluding hydrogens is 279 g/mol. The van der Waals surface area contributed by atoms with E-state index in [1.54, 1.807) is 0 Å². The van der Waals surface area contributed by atoms with Crippen LogP contribution in [0.25, 0.3) is 0 Å². The van der Waals surface area contributed by atoms with Gasteiger partial charge in [0, 0.05) is 11.4 Å². The fourth-order valence-corrected chi connectivity index (χ4v) is 2.14. The molecular formula is C11H10F3N3OS. The number of anilines is 1. The molecule has 0 spiro atoms. The lowest BCUT2D eigenvalue weighted by Gasteiger charge is -2.09. The number of amidine groups is 1. The van der Waals surface area contributed by atoms with Crippen LogP contribution in [0.3, 0.4) is 0 Å². The van der Waals surface area contributed by atoms with Gasteiger partial charge in [0.2, 0.25) is 0 Å². The van der Waals surface area contributed by atoms with E-state index in [2.05, 4.69) is 15.6 Å². The molecule has 1 aliphatic rings. The van der Waals surface area contributed by atoms with Gasteiger partial charge in [-0.3, -0.25) is 10.3 Å². The van der Waals surface area contributed by atoms with Gasteiger partial charge in [-0.1, -0.05) is 11.8 Å². The van der Waals surface area contributed by atoms with Crippen molar-refractivity contribution >= 4 is 28.6 Å². The SMILES string of the molecule is O=C(NC1=NCCS1)Nc1ccc(C(F)(F)F)cc1. The third-order valence-electron chi connectivity index (χ3n) is 2.28. The summed E-state index contributed by atoms with van der Waals surface area (Å²) in [5.41, 5.74) is -0.469. The molecule has 0 aromatic heterocycles. The van der Waals surface area contributed by atoms with Crippen molar-refractivity contribution in [2.24, 2.45) is 4.99 Å². The third-order valence-corrected chi connectivity index (χ3v) is 3.17. The summed E-state index contributed by atoms with van der Waals surface area (Å²) in [6.07, 6.45) is -4.38. The highest BCUT2D eigenvalue weighted by Crippen LogP contribution is 2.29. The number of carbonyl (C=O) groups excluding carboxylic acids is 1. The molecule has 4 nitrogen and oxygen atoms in total. The minimum absolute atomic E-state index is 0.286. The molecule has 2 amide bonds. The largest absolute Gasteiger partial charge is 0.416 e. The van der Waals surface area contributed by atoms with Crippen molar-refractivity contribution in [1.82, 2.24) is 5.32 Å². The Kier molecular flexibility index (Phi) is 3.98. The van der Waals surface area contributed by atoms with Gasteiger partial charge in [-0.25, -0.2) is 4.79 Å². The molecule has 19 heavy (non-hydrogen) atoms. The summed E-state index contributed by atoms with van der Waals surface area (Å²) >= 11 is 1.42. The van der Waals surface area contributed by atoms with Crippen LogP contribution in [0.2, 0.25) is 0 Å². The Hall–Kier alpha value is -1.70. The molecule has 0 fully saturated rings. The van der Waals surface area contributed by atoms with Crippen LogP contribution in [0, 0.1) is 0 Å². The second-order valence-electron chi connectivity index (χ2n) is 3.69. The van der Waals surface area contributed by atoms with Crippen molar-refractivity contribution < 1.29 is 18.0 Å². The molecule has 8 heteroatoms. The molecule has 1 heterocycles. The van der Waals surface area contributed by atoms with Gasteiger partial charge in [-0.15, -0.1) is 0 Å². The molecule has 0 bridgehead atoms. The molecule has 0 radical (unpaired) electrons. The summed E-state index contributed by atoms with van der Waals surface area (Å²) < 4.78 is 37.0. The maximum atomic E-state index is 12.3. The van der Waals surface area contributed by atoms with Crippen molar-refractivity contribution in [2.45, 2.75) is 6.18 Å². The molecule has 1 aromatic carbocycles. The highest BCUT2D eigenvalue weighted by Gasteiger charge is 2.29. The van der Waals surface area contributed by atoms with Gasteiger partial charge in [0.05, 0.1) is 12.1 Å². The number of nitrogens with one attached hydrogen (secondary N) is 2. The zero-order valence-electron chi connectivity index (χ0n) is 9.62. The van der Waals surface area contributed by atoms with Crippen LogP contribution >= 0.6 is 11.8 Å². The molecule has 1 aliphatic heterocycles. The first kappa shape index (κ1) is 13.7. The van der Waals surface area contributed by atoms with Crippen LogP contribution in [-0.4, -0.2) is 23.5 Å². The van der Waals surface area contributed by atoms with Crippen molar-refractivity contribution in [3.05, 3.63) is 29.8 Å². The van der Waals surface area contributed by atoms with Gasteiger partial charge >= 0.3 is 12.2 Å². The summed E-state index contributed by atoms with van der Waals surface area (Å²) in [5.74, 6) is 0.815. The van der Waals surface area contributed by atoms with Crippen molar-refractivity contribution in [2.75, 3.05) is 17.6 Å². The average molecular weight is 289 g/mol. The molecule has 0 unspecified atom stereocenters. The number of amides is 2. The number of hydrogen-bond acceptors (Lipinski definition) is 3. The normalized spacial score (nSPS) is 15.0. The molecule has 2 N–H and O–H groups in total. The Labute approximate surface area is 111 Å². The second kappa shape index (κ2) is 5.52. The van der Waals surface area contributed by atoms with Crippen LogP contribution in [-0.2, 0) is 6.18 Å². The lowest BCUT2D eigenvalue weighted by Crippen LogP contribution is -2.31. The van der Waals surface area contributed by atoms with Crippen LogP contribution in [0.4, 0.5) is 23.7 Å². The topological polar surface area (TPSA) is 53.5 Å². The standard InChI is InChI=1S/C11H10F3N3OS/c12-11(13,14)7-1-3-8(4-2-7)16-9(18)17-10-15-5-6-19-10/h1-4H,5-6H2,(H2,15,16,17,18). The Balaban J connectivity index is 1.94. The first-order chi connectivity index (χ1) is 8.95. The number of halogens is 3. The smallest absolute Gasteiger partial charge is 0.308 e. The summed E-state index contributed by atoms with van der Waals surface area (Å²) in [6.45, 7) is 0.653. The zero-order valence-corrected chi connectivity index (χ0v) is 10.4. The highest BCUT2D eigenvalue weighted by molar-refractivity contribution is 8.14. The number of benzene rings is 1. The van der Waals surface area contributed by atoms with Crippen LogP contribution in [0.1, 0.15) is 5.56 Å². The minimum Gasteiger partial charge on any atom is -0.308 e. The number of hydrogen-bond donors (Lipinski definition) is 2. The molecule has 2 rings (SSSR count). The Morgan fingerprint density at radius 3 is 2.42 bits per heavy atom. The van der Waals surface area contributed by atoms with E-state index >= 15 is 0 Å². The number of aliphatic imine (C=N–C) groups is 1. The summed E-state index contributed by atoms with van der Waals surface area (Å²) in [7, 11) is 0. The average Bonchev–Trinajstić information content (AvgIpc) is 2.81. The number of alkyl halides is 3. The molecule has 0 atom stereocenters. The number of rotatable bonds is 1. The first-order valence-corrected chi connectivity index (χ1v) is 6.36. The van der Waals surface area contributed by atoms with E-state index in [1.165, 1.54) is 23.9 Å². The van der Waals surface area contributed by atoms with E-state index in [0.29, 0.717) is 11.7 Å². The van der Waals surface area contributed by atoms with Gasteiger partial charge in [-0.05, 0) is 24.3 Å². The maximum absolute atomic E-state index is 12.3. The number of nitrogens with zero attached hydrogens (tertiary/aromatic N) is 1. The Morgan fingerprint density at radius 1 is 1.21 bits per heavy atom. The van der Waals surface area contributed by atoms with Crippen molar-refractivity contribution in [3.8, 4) is 0 Å². The lowest BCUT2D eigenvalue weighted by molar-refractivity contribution is -0.137. The Bertz CT molecular complexity index is 499. The summed E-state index contributed by atoms with van der Waals surface area (Å²) in [4.78, 5) is 15.5. The van der Waals surface area contributed by atoms with Crippen LogP contribution in [0.5, 0.6) is 0 Å². The monoisotopic (exact) mass is 289 g/mol. The van der Waals surface area contributed by atoms with E-state index in [1.807, 2.05) is 0 Å². The third kappa shape index (κ3) is 3.88. The van der Waals surface area contributed by atoms with E-state index in [-0.39, 0.29) is 5.69 Å². The maximum Gasteiger partial charge on any atom is 0.416 e. The van der Waals surface area contributed by atoms with Crippen LogP contribution in [0.15, 0.2) is 29.3 Å². The molecule has 0 saturated heterocycles.